The van der Waals surface area contributed by atoms with Gasteiger partial charge >= 0.3 is 0 Å². The SMILES string of the molecule is CCC1CCC(Br)(C#N)C1. The van der Waals surface area contributed by atoms with Crippen LogP contribution in [0.3, 0.4) is 0 Å². The molecule has 0 aromatic heterocycles. The average Bonchev–Trinajstić information content (AvgIpc) is 2.33. The van der Waals surface area contributed by atoms with Gasteiger partial charge in [-0.25, -0.2) is 0 Å². The monoisotopic (exact) mass is 201 g/mol. The molecule has 2 atom stereocenters. The van der Waals surface area contributed by atoms with Gasteiger partial charge in [-0.1, -0.05) is 29.3 Å². The third-order valence-electron chi connectivity index (χ3n) is 2.34. The molecule has 0 heterocycles. The van der Waals surface area contributed by atoms with Crippen LogP contribution >= 0.6 is 15.9 Å². The van der Waals surface area contributed by atoms with Gasteiger partial charge in [-0.05, 0) is 25.2 Å². The zero-order valence-electron chi connectivity index (χ0n) is 6.23. The Balaban J connectivity index is 2.51. The van der Waals surface area contributed by atoms with Gasteiger partial charge in [-0.15, -0.1) is 0 Å². The highest BCUT2D eigenvalue weighted by Crippen LogP contribution is 2.41. The Morgan fingerprint density at radius 2 is 2.50 bits per heavy atom. The first-order valence-corrected chi connectivity index (χ1v) is 4.59. The molecule has 1 aliphatic carbocycles. The van der Waals surface area contributed by atoms with Crippen molar-refractivity contribution in [3.8, 4) is 6.07 Å². The molecule has 2 unspecified atom stereocenters. The normalized spacial score (nSPS) is 39.5. The number of halogens is 1. The zero-order chi connectivity index (χ0) is 7.61. The van der Waals surface area contributed by atoms with Crippen LogP contribution in [0.15, 0.2) is 0 Å². The van der Waals surface area contributed by atoms with Crippen molar-refractivity contribution < 1.29 is 0 Å². The summed E-state index contributed by atoms with van der Waals surface area (Å²) in [4.78, 5) is 0. The van der Waals surface area contributed by atoms with Crippen LogP contribution in [0.4, 0.5) is 0 Å². The van der Waals surface area contributed by atoms with E-state index in [2.05, 4.69) is 28.9 Å². The summed E-state index contributed by atoms with van der Waals surface area (Å²) >= 11 is 3.46. The first kappa shape index (κ1) is 8.07. The minimum absolute atomic E-state index is 0.173. The predicted octanol–water partition coefficient (Wildman–Crippen LogP) is 2.85. The predicted molar refractivity (Wildman–Crippen MR) is 44.9 cm³/mol. The zero-order valence-corrected chi connectivity index (χ0v) is 7.82. The fraction of sp³-hybridized carbons (Fsp3) is 0.875. The topological polar surface area (TPSA) is 23.8 Å². The van der Waals surface area contributed by atoms with Gasteiger partial charge in [0, 0.05) is 0 Å². The van der Waals surface area contributed by atoms with Crippen LogP contribution in [0.2, 0.25) is 0 Å². The van der Waals surface area contributed by atoms with Crippen LogP contribution in [0.25, 0.3) is 0 Å². The van der Waals surface area contributed by atoms with E-state index in [4.69, 9.17) is 5.26 Å². The van der Waals surface area contributed by atoms with Crippen LogP contribution in [0, 0.1) is 17.2 Å². The van der Waals surface area contributed by atoms with Gasteiger partial charge in [0.15, 0.2) is 0 Å². The van der Waals surface area contributed by atoms with Crippen molar-refractivity contribution in [3.05, 3.63) is 0 Å². The lowest BCUT2D eigenvalue weighted by Gasteiger charge is -2.10. The summed E-state index contributed by atoms with van der Waals surface area (Å²) in [5.41, 5.74) is 0. The molecule has 0 aromatic carbocycles. The van der Waals surface area contributed by atoms with Gasteiger partial charge in [0.05, 0.1) is 6.07 Å². The minimum atomic E-state index is -0.173. The smallest absolute Gasteiger partial charge is 0.112 e. The van der Waals surface area contributed by atoms with Crippen molar-refractivity contribution >= 4 is 15.9 Å². The standard InChI is InChI=1S/C8H12BrN/c1-2-7-3-4-8(9,5-7)6-10/h7H,2-5H2,1H3. The summed E-state index contributed by atoms with van der Waals surface area (Å²) in [6, 6.07) is 2.32. The second kappa shape index (κ2) is 2.92. The lowest BCUT2D eigenvalue weighted by Crippen LogP contribution is -2.11. The lowest BCUT2D eigenvalue weighted by molar-refractivity contribution is 0.525. The molecule has 0 N–H and O–H groups in total. The average molecular weight is 202 g/mol. The molecule has 0 amide bonds. The first-order valence-electron chi connectivity index (χ1n) is 3.80. The van der Waals surface area contributed by atoms with Crippen LogP contribution in [-0.4, -0.2) is 4.32 Å². The van der Waals surface area contributed by atoms with Gasteiger partial charge in [0.1, 0.15) is 4.32 Å². The molecule has 0 bridgehead atoms. The molecule has 2 heteroatoms. The number of nitriles is 1. The summed E-state index contributed by atoms with van der Waals surface area (Å²) in [5.74, 6) is 0.777. The van der Waals surface area contributed by atoms with Crippen molar-refractivity contribution in [3.63, 3.8) is 0 Å². The summed E-state index contributed by atoms with van der Waals surface area (Å²) in [5, 5.41) is 8.74. The number of hydrogen-bond acceptors (Lipinski definition) is 1. The van der Waals surface area contributed by atoms with Gasteiger partial charge in [0.25, 0.3) is 0 Å². The Labute approximate surface area is 70.5 Å². The summed E-state index contributed by atoms with van der Waals surface area (Å²) < 4.78 is -0.173. The molecule has 1 saturated carbocycles. The van der Waals surface area contributed by atoms with E-state index in [0.717, 1.165) is 18.8 Å². The lowest BCUT2D eigenvalue weighted by atomic mass is 10.0. The van der Waals surface area contributed by atoms with Crippen molar-refractivity contribution in [1.82, 2.24) is 0 Å². The van der Waals surface area contributed by atoms with Crippen LogP contribution < -0.4 is 0 Å². The van der Waals surface area contributed by atoms with E-state index in [0.29, 0.717) is 0 Å². The third-order valence-corrected chi connectivity index (χ3v) is 3.24. The Kier molecular flexibility index (Phi) is 2.36. The highest BCUT2D eigenvalue weighted by Gasteiger charge is 2.35. The molecule has 0 aromatic rings. The Morgan fingerprint density at radius 3 is 2.80 bits per heavy atom. The maximum Gasteiger partial charge on any atom is 0.112 e. The van der Waals surface area contributed by atoms with Gasteiger partial charge < -0.3 is 0 Å². The fourth-order valence-corrected chi connectivity index (χ4v) is 2.23. The molecule has 1 rings (SSSR count). The summed E-state index contributed by atoms with van der Waals surface area (Å²) in [6.45, 7) is 2.20. The number of nitrogens with zero attached hydrogens (tertiary/aromatic N) is 1. The van der Waals surface area contributed by atoms with E-state index in [1.54, 1.807) is 0 Å². The number of hydrogen-bond donors (Lipinski definition) is 0. The molecule has 1 nitrogen and oxygen atoms in total. The molecular weight excluding hydrogens is 190 g/mol. The van der Waals surface area contributed by atoms with Crippen molar-refractivity contribution in [2.75, 3.05) is 0 Å². The van der Waals surface area contributed by atoms with Crippen molar-refractivity contribution in [2.45, 2.75) is 36.9 Å². The van der Waals surface area contributed by atoms with E-state index in [-0.39, 0.29) is 4.32 Å². The van der Waals surface area contributed by atoms with Gasteiger partial charge in [-0.2, -0.15) is 5.26 Å². The molecule has 0 radical (unpaired) electrons. The Bertz CT molecular complexity index is 161. The van der Waals surface area contributed by atoms with Crippen molar-refractivity contribution in [2.24, 2.45) is 5.92 Å². The van der Waals surface area contributed by atoms with Crippen LogP contribution in [-0.2, 0) is 0 Å². The van der Waals surface area contributed by atoms with E-state index < -0.39 is 0 Å². The Morgan fingerprint density at radius 1 is 1.80 bits per heavy atom. The Hall–Kier alpha value is -0.0300. The third kappa shape index (κ3) is 1.52. The maximum atomic E-state index is 8.74. The van der Waals surface area contributed by atoms with E-state index in [1.165, 1.54) is 12.8 Å². The highest BCUT2D eigenvalue weighted by atomic mass is 79.9. The molecule has 10 heavy (non-hydrogen) atoms. The molecule has 1 aliphatic rings. The quantitative estimate of drug-likeness (QED) is 0.599. The number of rotatable bonds is 1. The molecule has 0 saturated heterocycles. The molecular formula is C8H12BrN. The summed E-state index contributed by atoms with van der Waals surface area (Å²) in [6.07, 6.45) is 4.51. The number of alkyl halides is 1. The molecule has 1 fully saturated rings. The summed E-state index contributed by atoms with van der Waals surface area (Å²) in [7, 11) is 0. The van der Waals surface area contributed by atoms with E-state index >= 15 is 0 Å². The second-order valence-corrected chi connectivity index (χ2v) is 4.61. The van der Waals surface area contributed by atoms with Crippen molar-refractivity contribution in [1.29, 1.82) is 5.26 Å². The van der Waals surface area contributed by atoms with Crippen LogP contribution in [0.1, 0.15) is 32.6 Å². The maximum absolute atomic E-state index is 8.74. The van der Waals surface area contributed by atoms with E-state index in [9.17, 15) is 0 Å². The van der Waals surface area contributed by atoms with Gasteiger partial charge in [0.2, 0.25) is 0 Å². The van der Waals surface area contributed by atoms with Crippen LogP contribution in [0.5, 0.6) is 0 Å². The van der Waals surface area contributed by atoms with Gasteiger partial charge in [-0.3, -0.25) is 0 Å². The second-order valence-electron chi connectivity index (χ2n) is 3.09. The molecule has 56 valence electrons. The highest BCUT2D eigenvalue weighted by molar-refractivity contribution is 9.10. The first-order chi connectivity index (χ1) is 4.70. The fourth-order valence-electron chi connectivity index (χ4n) is 1.54. The van der Waals surface area contributed by atoms with E-state index in [1.807, 2.05) is 0 Å². The molecule has 0 aliphatic heterocycles. The molecule has 0 spiro atoms. The minimum Gasteiger partial charge on any atom is -0.197 e. The largest absolute Gasteiger partial charge is 0.197 e.